The third-order valence-electron chi connectivity index (χ3n) is 2.82. The zero-order valence-electron chi connectivity index (χ0n) is 12.0. The number of nitrogens with one attached hydrogen (secondary N) is 1. The number of hydrogen-bond donors (Lipinski definition) is 3. The summed E-state index contributed by atoms with van der Waals surface area (Å²) in [6.45, 7) is 3.57. The van der Waals surface area contributed by atoms with Gasteiger partial charge in [-0.3, -0.25) is 4.79 Å². The second kappa shape index (κ2) is 6.43. The highest BCUT2D eigenvalue weighted by Crippen LogP contribution is 2.21. The summed E-state index contributed by atoms with van der Waals surface area (Å²) in [4.78, 5) is 14.1. The maximum atomic E-state index is 12.2. The molecule has 1 amide bonds. The largest absolute Gasteiger partial charge is 0.399 e. The highest BCUT2D eigenvalue weighted by atomic mass is 16.3. The molecule has 2 atom stereocenters. The lowest BCUT2D eigenvalue weighted by molar-refractivity contribution is 0.0923. The Kier molecular flexibility index (Phi) is 5.18. The monoisotopic (exact) mass is 265 g/mol. The van der Waals surface area contributed by atoms with Crippen LogP contribution in [0.25, 0.3) is 0 Å². The van der Waals surface area contributed by atoms with E-state index in [1.165, 1.54) is 0 Å². The third kappa shape index (κ3) is 4.44. The lowest BCUT2D eigenvalue weighted by Gasteiger charge is -2.20. The number of aliphatic hydroxyl groups excluding tert-OH is 1. The van der Waals surface area contributed by atoms with E-state index in [1.807, 2.05) is 32.0 Å². The summed E-state index contributed by atoms with van der Waals surface area (Å²) in [5.74, 6) is -0.177. The van der Waals surface area contributed by atoms with Gasteiger partial charge in [-0.15, -0.1) is 0 Å². The fraction of sp³-hybridized carbons (Fsp3) is 0.500. The molecule has 2 unspecified atom stereocenters. The number of nitrogens with zero attached hydrogens (tertiary/aromatic N) is 1. The number of carbonyl (C=O) groups excluding carboxylic acids is 1. The summed E-state index contributed by atoms with van der Waals surface area (Å²) in [5.41, 5.74) is 7.65. The molecule has 0 aliphatic carbocycles. The fourth-order valence-corrected chi connectivity index (χ4v) is 2.00. The van der Waals surface area contributed by atoms with E-state index >= 15 is 0 Å². The van der Waals surface area contributed by atoms with Crippen LogP contribution in [0.1, 0.15) is 30.6 Å². The standard InChI is InChI=1S/C14H23N3O2/c1-9(7-10(2)18)16-14(19)12-8-11(15)5-6-13(12)17(3)4/h5-6,8-10,18H,7,15H2,1-4H3,(H,16,19). The van der Waals surface area contributed by atoms with Crippen molar-refractivity contribution in [2.75, 3.05) is 24.7 Å². The molecule has 0 saturated carbocycles. The Balaban J connectivity index is 2.89. The van der Waals surface area contributed by atoms with Crippen LogP contribution in [-0.2, 0) is 0 Å². The normalized spacial score (nSPS) is 13.7. The van der Waals surface area contributed by atoms with Crippen molar-refractivity contribution in [2.24, 2.45) is 0 Å². The predicted octanol–water partition coefficient (Wildman–Crippen LogP) is 1.22. The number of benzene rings is 1. The minimum absolute atomic E-state index is 0.0936. The second-order valence-electron chi connectivity index (χ2n) is 5.13. The summed E-state index contributed by atoms with van der Waals surface area (Å²) in [7, 11) is 3.75. The number of rotatable bonds is 5. The smallest absolute Gasteiger partial charge is 0.253 e. The van der Waals surface area contributed by atoms with Gasteiger partial charge in [0.25, 0.3) is 5.91 Å². The molecule has 0 aliphatic heterocycles. The van der Waals surface area contributed by atoms with Gasteiger partial charge in [0.1, 0.15) is 0 Å². The molecule has 106 valence electrons. The molecule has 5 nitrogen and oxygen atoms in total. The van der Waals surface area contributed by atoms with Gasteiger partial charge in [0.2, 0.25) is 0 Å². The molecule has 0 spiro atoms. The number of carbonyl (C=O) groups is 1. The van der Waals surface area contributed by atoms with E-state index in [4.69, 9.17) is 5.73 Å². The molecule has 19 heavy (non-hydrogen) atoms. The molecular weight excluding hydrogens is 242 g/mol. The Labute approximate surface area is 114 Å². The topological polar surface area (TPSA) is 78.6 Å². The SMILES string of the molecule is CC(O)CC(C)NC(=O)c1cc(N)ccc1N(C)C. The summed E-state index contributed by atoms with van der Waals surface area (Å²) in [5, 5.41) is 12.2. The van der Waals surface area contributed by atoms with E-state index in [2.05, 4.69) is 5.32 Å². The molecule has 0 aliphatic rings. The molecule has 0 bridgehead atoms. The first-order chi connectivity index (χ1) is 8.81. The summed E-state index contributed by atoms with van der Waals surface area (Å²) >= 11 is 0. The minimum Gasteiger partial charge on any atom is -0.399 e. The number of nitrogen functional groups attached to an aromatic ring is 1. The van der Waals surface area contributed by atoms with Crippen LogP contribution >= 0.6 is 0 Å². The summed E-state index contributed by atoms with van der Waals surface area (Å²) < 4.78 is 0. The van der Waals surface area contributed by atoms with E-state index in [9.17, 15) is 9.90 Å². The highest BCUT2D eigenvalue weighted by Gasteiger charge is 2.16. The van der Waals surface area contributed by atoms with Crippen molar-refractivity contribution in [2.45, 2.75) is 32.4 Å². The van der Waals surface area contributed by atoms with Gasteiger partial charge in [0.05, 0.1) is 11.7 Å². The van der Waals surface area contributed by atoms with Crippen molar-refractivity contribution in [3.05, 3.63) is 23.8 Å². The molecule has 5 heteroatoms. The van der Waals surface area contributed by atoms with Crippen LogP contribution < -0.4 is 16.0 Å². The van der Waals surface area contributed by atoms with Gasteiger partial charge in [0.15, 0.2) is 0 Å². The molecule has 1 rings (SSSR count). The van der Waals surface area contributed by atoms with Gasteiger partial charge >= 0.3 is 0 Å². The zero-order chi connectivity index (χ0) is 14.6. The van der Waals surface area contributed by atoms with Crippen molar-refractivity contribution in [3.63, 3.8) is 0 Å². The first kappa shape index (κ1) is 15.3. The van der Waals surface area contributed by atoms with E-state index in [-0.39, 0.29) is 11.9 Å². The summed E-state index contributed by atoms with van der Waals surface area (Å²) in [6.07, 6.45) is 0.0789. The zero-order valence-corrected chi connectivity index (χ0v) is 12.0. The first-order valence-electron chi connectivity index (χ1n) is 6.37. The van der Waals surface area contributed by atoms with Gasteiger partial charge in [0, 0.05) is 31.5 Å². The van der Waals surface area contributed by atoms with Gasteiger partial charge in [-0.2, -0.15) is 0 Å². The van der Waals surface area contributed by atoms with E-state index < -0.39 is 6.10 Å². The van der Waals surface area contributed by atoms with Gasteiger partial charge < -0.3 is 21.1 Å². The Bertz CT molecular complexity index is 444. The first-order valence-corrected chi connectivity index (χ1v) is 6.37. The lowest BCUT2D eigenvalue weighted by Crippen LogP contribution is -2.35. The number of anilines is 2. The van der Waals surface area contributed by atoms with Crippen LogP contribution in [0.2, 0.25) is 0 Å². The Morgan fingerprint density at radius 1 is 1.42 bits per heavy atom. The highest BCUT2D eigenvalue weighted by molar-refractivity contribution is 6.00. The molecule has 0 aromatic heterocycles. The average Bonchev–Trinajstić information content (AvgIpc) is 2.26. The van der Waals surface area contributed by atoms with Crippen LogP contribution in [0.5, 0.6) is 0 Å². The van der Waals surface area contributed by atoms with Crippen LogP contribution in [-0.4, -0.2) is 37.3 Å². The summed E-state index contributed by atoms with van der Waals surface area (Å²) in [6, 6.07) is 5.17. The van der Waals surface area contributed by atoms with Gasteiger partial charge in [-0.25, -0.2) is 0 Å². The second-order valence-corrected chi connectivity index (χ2v) is 5.13. The molecule has 0 heterocycles. The minimum atomic E-state index is -0.440. The van der Waals surface area contributed by atoms with Crippen molar-refractivity contribution in [3.8, 4) is 0 Å². The van der Waals surface area contributed by atoms with Crippen LogP contribution in [0.3, 0.4) is 0 Å². The van der Waals surface area contributed by atoms with Crippen LogP contribution in [0.4, 0.5) is 11.4 Å². The van der Waals surface area contributed by atoms with E-state index in [1.54, 1.807) is 19.1 Å². The molecule has 1 aromatic rings. The Morgan fingerprint density at radius 3 is 2.58 bits per heavy atom. The van der Waals surface area contributed by atoms with Crippen molar-refractivity contribution >= 4 is 17.3 Å². The van der Waals surface area contributed by atoms with Crippen molar-refractivity contribution in [1.82, 2.24) is 5.32 Å². The number of amides is 1. The van der Waals surface area contributed by atoms with Gasteiger partial charge in [-0.05, 0) is 38.5 Å². The maximum absolute atomic E-state index is 12.2. The van der Waals surface area contributed by atoms with Crippen LogP contribution in [0, 0.1) is 0 Å². The average molecular weight is 265 g/mol. The van der Waals surface area contributed by atoms with Crippen molar-refractivity contribution < 1.29 is 9.90 Å². The van der Waals surface area contributed by atoms with E-state index in [0.717, 1.165) is 5.69 Å². The fourth-order valence-electron chi connectivity index (χ4n) is 2.00. The molecular formula is C14H23N3O2. The third-order valence-corrected chi connectivity index (χ3v) is 2.82. The molecule has 0 saturated heterocycles. The quantitative estimate of drug-likeness (QED) is 0.700. The molecule has 4 N–H and O–H groups in total. The number of aliphatic hydroxyl groups is 1. The maximum Gasteiger partial charge on any atom is 0.253 e. The van der Waals surface area contributed by atoms with E-state index in [0.29, 0.717) is 17.7 Å². The predicted molar refractivity (Wildman–Crippen MR) is 78.4 cm³/mol. The Morgan fingerprint density at radius 2 is 2.05 bits per heavy atom. The van der Waals surface area contributed by atoms with Crippen LogP contribution in [0.15, 0.2) is 18.2 Å². The number of hydrogen-bond acceptors (Lipinski definition) is 4. The molecule has 1 aromatic carbocycles. The lowest BCUT2D eigenvalue weighted by atomic mass is 10.1. The Hall–Kier alpha value is -1.75. The van der Waals surface area contributed by atoms with Gasteiger partial charge in [-0.1, -0.05) is 0 Å². The molecule has 0 radical (unpaired) electrons. The van der Waals surface area contributed by atoms with Crippen molar-refractivity contribution in [1.29, 1.82) is 0 Å². The number of nitrogens with two attached hydrogens (primary N) is 1. The molecule has 0 fully saturated rings.